The van der Waals surface area contributed by atoms with Gasteiger partial charge < -0.3 is 5.32 Å². The van der Waals surface area contributed by atoms with Crippen molar-refractivity contribution in [1.29, 1.82) is 5.26 Å². The van der Waals surface area contributed by atoms with Crippen molar-refractivity contribution in [3.05, 3.63) is 35.4 Å². The van der Waals surface area contributed by atoms with Crippen molar-refractivity contribution < 1.29 is 8.78 Å². The second-order valence-corrected chi connectivity index (χ2v) is 5.38. The Bertz CT molecular complexity index is 450. The third-order valence-electron chi connectivity index (χ3n) is 3.02. The fourth-order valence-corrected chi connectivity index (χ4v) is 1.76. The summed E-state index contributed by atoms with van der Waals surface area (Å²) in [5.74, 6) is -1.63. The molecule has 4 heteroatoms. The molecule has 0 fully saturated rings. The van der Waals surface area contributed by atoms with Crippen molar-refractivity contribution in [2.24, 2.45) is 5.41 Å². The maximum Gasteiger partial charge on any atom is 0.159 e. The highest BCUT2D eigenvalue weighted by Crippen LogP contribution is 2.21. The molecule has 0 amide bonds. The molecule has 0 saturated heterocycles. The Morgan fingerprint density at radius 3 is 2.58 bits per heavy atom. The summed E-state index contributed by atoms with van der Waals surface area (Å²) in [5.41, 5.74) is 0.469. The quantitative estimate of drug-likeness (QED) is 0.762. The van der Waals surface area contributed by atoms with E-state index in [1.165, 1.54) is 6.07 Å². The van der Waals surface area contributed by atoms with E-state index in [1.54, 1.807) is 6.07 Å². The average Bonchev–Trinajstić information content (AvgIpc) is 2.37. The van der Waals surface area contributed by atoms with Crippen molar-refractivity contribution in [2.45, 2.75) is 39.7 Å². The Hall–Kier alpha value is -1.47. The van der Waals surface area contributed by atoms with Crippen molar-refractivity contribution >= 4 is 0 Å². The molecule has 0 radical (unpaired) electrons. The number of nitrogens with one attached hydrogen (secondary N) is 1. The molecule has 0 saturated carbocycles. The zero-order valence-corrected chi connectivity index (χ0v) is 11.5. The summed E-state index contributed by atoms with van der Waals surface area (Å²) in [7, 11) is 0. The van der Waals surface area contributed by atoms with Crippen molar-refractivity contribution in [1.82, 2.24) is 5.32 Å². The molecular formula is C15H20F2N2. The molecule has 1 aromatic carbocycles. The Balaban J connectivity index is 2.18. The largest absolute Gasteiger partial charge is 0.313 e. The third-order valence-corrected chi connectivity index (χ3v) is 3.02. The maximum absolute atomic E-state index is 12.9. The molecule has 1 N–H and O–H groups in total. The van der Waals surface area contributed by atoms with Gasteiger partial charge in [-0.25, -0.2) is 8.78 Å². The van der Waals surface area contributed by atoms with Crippen LogP contribution >= 0.6 is 0 Å². The first-order valence-electron chi connectivity index (χ1n) is 6.50. The lowest BCUT2D eigenvalue weighted by atomic mass is 9.89. The number of nitriles is 1. The van der Waals surface area contributed by atoms with E-state index in [2.05, 4.69) is 11.4 Å². The predicted molar refractivity (Wildman–Crippen MR) is 71.3 cm³/mol. The zero-order valence-electron chi connectivity index (χ0n) is 11.5. The Labute approximate surface area is 113 Å². The minimum Gasteiger partial charge on any atom is -0.313 e. The summed E-state index contributed by atoms with van der Waals surface area (Å²) in [5, 5.41) is 12.0. The highest BCUT2D eigenvalue weighted by atomic mass is 19.2. The van der Waals surface area contributed by atoms with Crippen LogP contribution in [0.1, 0.15) is 38.7 Å². The standard InChI is InChI=1S/C15H20F2N2/c1-15(2,11-18)7-3-4-8-19-10-12-5-6-13(16)14(17)9-12/h5-6,9,19H,3-4,7-8,10H2,1-2H3. The molecule has 0 atom stereocenters. The van der Waals surface area contributed by atoms with Gasteiger partial charge >= 0.3 is 0 Å². The van der Waals surface area contributed by atoms with Gasteiger partial charge in [0.1, 0.15) is 0 Å². The predicted octanol–water partition coefficient (Wildman–Crippen LogP) is 3.77. The van der Waals surface area contributed by atoms with E-state index in [4.69, 9.17) is 5.26 Å². The van der Waals surface area contributed by atoms with E-state index in [1.807, 2.05) is 13.8 Å². The Morgan fingerprint density at radius 2 is 1.95 bits per heavy atom. The molecule has 0 heterocycles. The number of nitrogens with zero attached hydrogens (tertiary/aromatic N) is 1. The molecule has 0 aliphatic heterocycles. The van der Waals surface area contributed by atoms with E-state index in [9.17, 15) is 8.78 Å². The van der Waals surface area contributed by atoms with Gasteiger partial charge in [-0.15, -0.1) is 0 Å². The molecule has 19 heavy (non-hydrogen) atoms. The average molecular weight is 266 g/mol. The molecule has 104 valence electrons. The van der Waals surface area contributed by atoms with Crippen LogP contribution in [0.15, 0.2) is 18.2 Å². The van der Waals surface area contributed by atoms with Gasteiger partial charge in [0.05, 0.1) is 11.5 Å². The summed E-state index contributed by atoms with van der Waals surface area (Å²) in [6.07, 6.45) is 2.82. The third kappa shape index (κ3) is 5.80. The van der Waals surface area contributed by atoms with E-state index in [0.717, 1.165) is 37.4 Å². The lowest BCUT2D eigenvalue weighted by Crippen LogP contribution is -2.16. The van der Waals surface area contributed by atoms with E-state index in [0.29, 0.717) is 6.54 Å². The lowest BCUT2D eigenvalue weighted by molar-refractivity contribution is 0.422. The van der Waals surface area contributed by atoms with Crippen molar-refractivity contribution in [2.75, 3.05) is 6.54 Å². The van der Waals surface area contributed by atoms with Gasteiger partial charge in [-0.05, 0) is 50.9 Å². The van der Waals surface area contributed by atoms with Crippen LogP contribution in [-0.4, -0.2) is 6.54 Å². The van der Waals surface area contributed by atoms with Gasteiger partial charge in [0.15, 0.2) is 11.6 Å². The molecule has 2 nitrogen and oxygen atoms in total. The summed E-state index contributed by atoms with van der Waals surface area (Å²) < 4.78 is 25.7. The lowest BCUT2D eigenvalue weighted by Gasteiger charge is -2.14. The van der Waals surface area contributed by atoms with Crippen molar-refractivity contribution in [3.63, 3.8) is 0 Å². The summed E-state index contributed by atoms with van der Waals surface area (Å²) >= 11 is 0. The fraction of sp³-hybridized carbons (Fsp3) is 0.533. The molecule has 1 aromatic rings. The van der Waals surface area contributed by atoms with Gasteiger partial charge in [-0.1, -0.05) is 12.5 Å². The minimum atomic E-state index is -0.817. The SMILES string of the molecule is CC(C)(C#N)CCCCNCc1ccc(F)c(F)c1. The normalized spacial score (nSPS) is 11.3. The number of hydrogen-bond donors (Lipinski definition) is 1. The Kier molecular flexibility index (Phi) is 5.91. The van der Waals surface area contributed by atoms with E-state index < -0.39 is 11.6 Å². The van der Waals surface area contributed by atoms with Crippen LogP contribution in [0.25, 0.3) is 0 Å². The second-order valence-electron chi connectivity index (χ2n) is 5.38. The van der Waals surface area contributed by atoms with Crippen LogP contribution in [0.3, 0.4) is 0 Å². The van der Waals surface area contributed by atoms with Crippen LogP contribution < -0.4 is 5.32 Å². The number of halogens is 2. The first-order chi connectivity index (χ1) is 8.94. The Morgan fingerprint density at radius 1 is 1.21 bits per heavy atom. The molecule has 0 aliphatic carbocycles. The van der Waals surface area contributed by atoms with E-state index in [-0.39, 0.29) is 5.41 Å². The number of hydrogen-bond acceptors (Lipinski definition) is 2. The van der Waals surface area contributed by atoms with E-state index >= 15 is 0 Å². The second kappa shape index (κ2) is 7.20. The smallest absolute Gasteiger partial charge is 0.159 e. The summed E-state index contributed by atoms with van der Waals surface area (Å²) in [4.78, 5) is 0. The maximum atomic E-state index is 12.9. The molecule has 0 spiro atoms. The number of rotatable bonds is 7. The van der Waals surface area contributed by atoms with Crippen LogP contribution in [0.5, 0.6) is 0 Å². The minimum absolute atomic E-state index is 0.264. The topological polar surface area (TPSA) is 35.8 Å². The van der Waals surface area contributed by atoms with Gasteiger partial charge in [0.25, 0.3) is 0 Å². The molecule has 0 aliphatic rings. The summed E-state index contributed by atoms with van der Waals surface area (Å²) in [6.45, 7) is 5.20. The molecule has 0 unspecified atom stereocenters. The summed E-state index contributed by atoms with van der Waals surface area (Å²) in [6, 6.07) is 6.20. The van der Waals surface area contributed by atoms with Crippen LogP contribution in [-0.2, 0) is 6.54 Å². The van der Waals surface area contributed by atoms with Crippen LogP contribution in [0.2, 0.25) is 0 Å². The highest BCUT2D eigenvalue weighted by molar-refractivity contribution is 5.17. The van der Waals surface area contributed by atoms with Crippen LogP contribution in [0, 0.1) is 28.4 Å². The highest BCUT2D eigenvalue weighted by Gasteiger charge is 2.15. The first kappa shape index (κ1) is 15.6. The monoisotopic (exact) mass is 266 g/mol. The van der Waals surface area contributed by atoms with Crippen LogP contribution in [0.4, 0.5) is 8.78 Å². The molecular weight excluding hydrogens is 246 g/mol. The molecule has 1 rings (SSSR count). The van der Waals surface area contributed by atoms with Crippen molar-refractivity contribution in [3.8, 4) is 6.07 Å². The zero-order chi connectivity index (χ0) is 14.3. The van der Waals surface area contributed by atoms with Gasteiger partial charge in [0.2, 0.25) is 0 Å². The molecule has 0 aromatic heterocycles. The number of unbranched alkanes of at least 4 members (excludes halogenated alkanes) is 1. The fourth-order valence-electron chi connectivity index (χ4n) is 1.76. The van der Waals surface area contributed by atoms with Gasteiger partial charge in [-0.3, -0.25) is 0 Å². The molecule has 0 bridgehead atoms. The van der Waals surface area contributed by atoms with Gasteiger partial charge in [-0.2, -0.15) is 5.26 Å². The van der Waals surface area contributed by atoms with Gasteiger partial charge in [0, 0.05) is 6.54 Å². The number of benzene rings is 1. The first-order valence-corrected chi connectivity index (χ1v) is 6.50.